The number of anilines is 1. The molecule has 1 aliphatic rings. The predicted octanol–water partition coefficient (Wildman–Crippen LogP) is 1.60. The fourth-order valence-electron chi connectivity index (χ4n) is 1.59. The molecule has 2 rings (SSSR count). The summed E-state index contributed by atoms with van der Waals surface area (Å²) in [5.41, 5.74) is 0.923. The quantitative estimate of drug-likeness (QED) is 0.651. The van der Waals surface area contributed by atoms with Crippen LogP contribution in [0.3, 0.4) is 0 Å². The van der Waals surface area contributed by atoms with Crippen molar-refractivity contribution in [2.45, 2.75) is 19.3 Å². The van der Waals surface area contributed by atoms with E-state index in [-0.39, 0.29) is 5.91 Å². The number of nitrogens with zero attached hydrogens (tertiary/aromatic N) is 2. The lowest BCUT2D eigenvalue weighted by molar-refractivity contribution is -0.119. The summed E-state index contributed by atoms with van der Waals surface area (Å²) in [6.07, 6.45) is 6.26. The van der Waals surface area contributed by atoms with Gasteiger partial charge in [0.05, 0.1) is 11.9 Å². The Kier molecular flexibility index (Phi) is 2.25. The summed E-state index contributed by atoms with van der Waals surface area (Å²) in [4.78, 5) is 17.3. The lowest BCUT2D eigenvalue weighted by atomic mass is 10.1. The van der Waals surface area contributed by atoms with Gasteiger partial charge in [0.15, 0.2) is 0 Å². The first-order chi connectivity index (χ1) is 6.38. The molecule has 1 amide bonds. The van der Waals surface area contributed by atoms with E-state index < -0.39 is 0 Å². The van der Waals surface area contributed by atoms with Crippen molar-refractivity contribution in [3.8, 4) is 0 Å². The van der Waals surface area contributed by atoms with Crippen molar-refractivity contribution in [2.24, 2.45) is 0 Å². The smallest absolute Gasteiger partial charge is 0.227 e. The molecule has 1 fully saturated rings. The van der Waals surface area contributed by atoms with E-state index in [2.05, 4.69) is 4.98 Å². The third kappa shape index (κ3) is 1.69. The minimum Gasteiger partial charge on any atom is -0.311 e. The zero-order chi connectivity index (χ0) is 9.10. The molecular formula is C10H12N2O. The largest absolute Gasteiger partial charge is 0.311 e. The predicted molar refractivity (Wildman–Crippen MR) is 50.4 cm³/mol. The zero-order valence-corrected chi connectivity index (χ0v) is 7.44. The third-order valence-corrected chi connectivity index (χ3v) is 2.28. The van der Waals surface area contributed by atoms with Crippen LogP contribution in [0.15, 0.2) is 24.5 Å². The Balaban J connectivity index is 2.20. The van der Waals surface area contributed by atoms with E-state index in [0.29, 0.717) is 6.42 Å². The van der Waals surface area contributed by atoms with E-state index >= 15 is 0 Å². The van der Waals surface area contributed by atoms with Gasteiger partial charge in [-0.15, -0.1) is 0 Å². The molecule has 13 heavy (non-hydrogen) atoms. The summed E-state index contributed by atoms with van der Waals surface area (Å²) >= 11 is 0. The average molecular weight is 176 g/mol. The van der Waals surface area contributed by atoms with Crippen molar-refractivity contribution < 1.29 is 4.79 Å². The van der Waals surface area contributed by atoms with Crippen molar-refractivity contribution in [2.75, 3.05) is 11.4 Å². The number of amides is 1. The number of hydrogen-bond donors (Lipinski definition) is 0. The van der Waals surface area contributed by atoms with Crippen LogP contribution in [-0.4, -0.2) is 17.4 Å². The van der Waals surface area contributed by atoms with Gasteiger partial charge >= 0.3 is 0 Å². The van der Waals surface area contributed by atoms with E-state index in [1.54, 1.807) is 12.4 Å². The van der Waals surface area contributed by atoms with Crippen LogP contribution >= 0.6 is 0 Å². The Labute approximate surface area is 77.4 Å². The molecule has 0 aromatic carbocycles. The molecule has 1 aromatic heterocycles. The molecule has 2 heterocycles. The van der Waals surface area contributed by atoms with Gasteiger partial charge in [0.1, 0.15) is 0 Å². The topological polar surface area (TPSA) is 33.2 Å². The molecule has 3 heteroatoms. The Morgan fingerprint density at radius 1 is 1.38 bits per heavy atom. The maximum absolute atomic E-state index is 11.5. The van der Waals surface area contributed by atoms with Crippen LogP contribution in [0.1, 0.15) is 19.3 Å². The van der Waals surface area contributed by atoms with E-state index in [4.69, 9.17) is 0 Å². The number of hydrogen-bond acceptors (Lipinski definition) is 2. The van der Waals surface area contributed by atoms with Crippen molar-refractivity contribution in [3.05, 3.63) is 24.5 Å². The van der Waals surface area contributed by atoms with Crippen LogP contribution < -0.4 is 4.90 Å². The maximum Gasteiger partial charge on any atom is 0.227 e. The van der Waals surface area contributed by atoms with Crippen LogP contribution in [0.5, 0.6) is 0 Å². The van der Waals surface area contributed by atoms with Gasteiger partial charge in [0.25, 0.3) is 0 Å². The van der Waals surface area contributed by atoms with E-state index in [0.717, 1.165) is 25.1 Å². The number of aromatic nitrogens is 1. The summed E-state index contributed by atoms with van der Waals surface area (Å²) in [6, 6.07) is 3.79. The normalized spacial score (nSPS) is 17.5. The number of pyridine rings is 1. The van der Waals surface area contributed by atoms with Crippen LogP contribution in [0.25, 0.3) is 0 Å². The van der Waals surface area contributed by atoms with E-state index in [1.165, 1.54) is 0 Å². The molecule has 1 aliphatic heterocycles. The fourth-order valence-corrected chi connectivity index (χ4v) is 1.59. The van der Waals surface area contributed by atoms with E-state index in [9.17, 15) is 4.79 Å². The molecule has 0 spiro atoms. The summed E-state index contributed by atoms with van der Waals surface area (Å²) in [6.45, 7) is 0.838. The Hall–Kier alpha value is -1.38. The molecule has 0 N–H and O–H groups in total. The van der Waals surface area contributed by atoms with Gasteiger partial charge in [-0.2, -0.15) is 0 Å². The molecule has 0 saturated carbocycles. The molecule has 68 valence electrons. The minimum atomic E-state index is 0.222. The molecular weight excluding hydrogens is 164 g/mol. The van der Waals surface area contributed by atoms with Crippen molar-refractivity contribution >= 4 is 11.6 Å². The van der Waals surface area contributed by atoms with Gasteiger partial charge in [0, 0.05) is 19.2 Å². The molecule has 3 nitrogen and oxygen atoms in total. The third-order valence-electron chi connectivity index (χ3n) is 2.28. The monoisotopic (exact) mass is 176 g/mol. The first-order valence-corrected chi connectivity index (χ1v) is 4.58. The molecule has 1 aromatic rings. The Morgan fingerprint density at radius 3 is 3.00 bits per heavy atom. The average Bonchev–Trinajstić information content (AvgIpc) is 2.20. The lowest BCUT2D eigenvalue weighted by Gasteiger charge is -2.26. The van der Waals surface area contributed by atoms with Gasteiger partial charge in [-0.25, -0.2) is 0 Å². The molecule has 0 bridgehead atoms. The minimum absolute atomic E-state index is 0.222. The van der Waals surface area contributed by atoms with E-state index in [1.807, 2.05) is 17.0 Å². The number of carbonyl (C=O) groups is 1. The Morgan fingerprint density at radius 2 is 2.31 bits per heavy atom. The molecule has 0 radical (unpaired) electrons. The van der Waals surface area contributed by atoms with Gasteiger partial charge in [-0.3, -0.25) is 9.78 Å². The Bertz CT molecular complexity index is 297. The summed E-state index contributed by atoms with van der Waals surface area (Å²) < 4.78 is 0. The molecule has 0 atom stereocenters. The van der Waals surface area contributed by atoms with Crippen molar-refractivity contribution in [3.63, 3.8) is 0 Å². The van der Waals surface area contributed by atoms with Gasteiger partial charge < -0.3 is 4.90 Å². The van der Waals surface area contributed by atoms with Crippen LogP contribution in [0, 0.1) is 0 Å². The summed E-state index contributed by atoms with van der Waals surface area (Å²) in [5.74, 6) is 0.222. The second-order valence-corrected chi connectivity index (χ2v) is 3.21. The van der Waals surface area contributed by atoms with Crippen molar-refractivity contribution in [1.29, 1.82) is 0 Å². The van der Waals surface area contributed by atoms with Gasteiger partial charge in [-0.05, 0) is 25.0 Å². The van der Waals surface area contributed by atoms with Crippen LogP contribution in [0.2, 0.25) is 0 Å². The molecule has 0 unspecified atom stereocenters. The fraction of sp³-hybridized carbons (Fsp3) is 0.400. The number of rotatable bonds is 1. The van der Waals surface area contributed by atoms with Gasteiger partial charge in [0.2, 0.25) is 5.91 Å². The standard InChI is InChI=1S/C10H12N2O/c13-10-5-1-2-7-12(10)9-4-3-6-11-8-9/h3-4,6,8H,1-2,5,7H2. The van der Waals surface area contributed by atoms with Crippen LogP contribution in [-0.2, 0) is 4.79 Å². The summed E-state index contributed by atoms with van der Waals surface area (Å²) in [5, 5.41) is 0. The highest BCUT2D eigenvalue weighted by atomic mass is 16.2. The second kappa shape index (κ2) is 3.56. The maximum atomic E-state index is 11.5. The summed E-state index contributed by atoms with van der Waals surface area (Å²) in [7, 11) is 0. The number of carbonyl (C=O) groups excluding carboxylic acids is 1. The van der Waals surface area contributed by atoms with Crippen molar-refractivity contribution in [1.82, 2.24) is 4.98 Å². The highest BCUT2D eigenvalue weighted by Crippen LogP contribution is 2.18. The zero-order valence-electron chi connectivity index (χ0n) is 7.44. The SMILES string of the molecule is O=C1CCCCN1c1cccnc1. The first-order valence-electron chi connectivity index (χ1n) is 4.58. The highest BCUT2D eigenvalue weighted by molar-refractivity contribution is 5.93. The highest BCUT2D eigenvalue weighted by Gasteiger charge is 2.18. The lowest BCUT2D eigenvalue weighted by Crippen LogP contribution is -2.35. The molecule has 0 aliphatic carbocycles. The van der Waals surface area contributed by atoms with Gasteiger partial charge in [-0.1, -0.05) is 0 Å². The first kappa shape index (κ1) is 8.23. The van der Waals surface area contributed by atoms with Crippen LogP contribution in [0.4, 0.5) is 5.69 Å². The molecule has 1 saturated heterocycles. The second-order valence-electron chi connectivity index (χ2n) is 3.21. The number of piperidine rings is 1.